The molecule has 1 aliphatic heterocycles. The summed E-state index contributed by atoms with van der Waals surface area (Å²) in [7, 11) is 1.58. The topological polar surface area (TPSA) is 79.0 Å². The third-order valence-electron chi connectivity index (χ3n) is 5.46. The van der Waals surface area contributed by atoms with Crippen molar-refractivity contribution >= 4 is 11.6 Å². The molecule has 7 nitrogen and oxygen atoms in total. The average Bonchev–Trinajstić information content (AvgIpc) is 3.25. The molecule has 1 aliphatic rings. The fraction of sp³-hybridized carbons (Fsp3) is 0.304. The van der Waals surface area contributed by atoms with Gasteiger partial charge in [0.05, 0.1) is 18.8 Å². The molecule has 0 bridgehead atoms. The number of benzene rings is 2. The third kappa shape index (κ3) is 4.25. The van der Waals surface area contributed by atoms with Crippen LogP contribution in [0.2, 0.25) is 0 Å². The highest BCUT2D eigenvalue weighted by molar-refractivity contribution is 5.95. The highest BCUT2D eigenvalue weighted by Gasteiger charge is 2.31. The van der Waals surface area contributed by atoms with Crippen LogP contribution in [0.25, 0.3) is 11.3 Å². The van der Waals surface area contributed by atoms with Gasteiger partial charge in [0.15, 0.2) is 0 Å². The zero-order valence-electron chi connectivity index (χ0n) is 17.4. The lowest BCUT2D eigenvalue weighted by Gasteiger charge is -2.35. The van der Waals surface area contributed by atoms with Gasteiger partial charge in [0, 0.05) is 37.4 Å². The quantitative estimate of drug-likeness (QED) is 0.674. The molecule has 0 radical (unpaired) electrons. The summed E-state index contributed by atoms with van der Waals surface area (Å²) in [4.78, 5) is 16.9. The molecule has 2 heterocycles. The van der Waals surface area contributed by atoms with Gasteiger partial charge in [0.25, 0.3) is 5.91 Å². The standard InChI is InChI=1S/C23H24FN3O4/c1-15(28)20-21(16-3-9-19(30-2)10-4-16)25-31-22(20)23(29)27-13-11-26(12-14-27)18-7-5-17(24)6-8-18/h3-10,15,28H,11-14H2,1-2H3. The van der Waals surface area contributed by atoms with Crippen LogP contribution in [0.1, 0.15) is 29.1 Å². The minimum Gasteiger partial charge on any atom is -0.497 e. The van der Waals surface area contributed by atoms with Crippen molar-refractivity contribution in [2.75, 3.05) is 38.2 Å². The summed E-state index contributed by atoms with van der Waals surface area (Å²) in [5.74, 6) is 0.167. The Morgan fingerprint density at radius 2 is 1.74 bits per heavy atom. The number of aromatic nitrogens is 1. The second-order valence-corrected chi connectivity index (χ2v) is 7.43. The van der Waals surface area contributed by atoms with E-state index in [0.29, 0.717) is 43.2 Å². The number of carbonyl (C=O) groups excluding carboxylic acids is 1. The van der Waals surface area contributed by atoms with Crippen molar-refractivity contribution in [2.45, 2.75) is 13.0 Å². The van der Waals surface area contributed by atoms with Gasteiger partial charge in [-0.2, -0.15) is 0 Å². The Balaban J connectivity index is 1.52. The summed E-state index contributed by atoms with van der Waals surface area (Å²) < 4.78 is 23.8. The van der Waals surface area contributed by atoms with Crippen LogP contribution >= 0.6 is 0 Å². The van der Waals surface area contributed by atoms with Crippen LogP contribution in [0.5, 0.6) is 5.75 Å². The number of hydrogen-bond acceptors (Lipinski definition) is 6. The summed E-state index contributed by atoms with van der Waals surface area (Å²) in [6.07, 6.45) is -0.928. The predicted molar refractivity (Wildman–Crippen MR) is 114 cm³/mol. The number of halogens is 1. The maximum atomic E-state index is 13.2. The fourth-order valence-electron chi connectivity index (χ4n) is 3.76. The average molecular weight is 425 g/mol. The van der Waals surface area contributed by atoms with E-state index in [2.05, 4.69) is 10.1 Å². The van der Waals surface area contributed by atoms with E-state index in [9.17, 15) is 14.3 Å². The van der Waals surface area contributed by atoms with Gasteiger partial charge in [-0.05, 0) is 55.5 Å². The first-order valence-electron chi connectivity index (χ1n) is 10.1. The molecule has 2 aromatic carbocycles. The number of hydrogen-bond donors (Lipinski definition) is 1. The van der Waals surface area contributed by atoms with Crippen molar-refractivity contribution in [1.82, 2.24) is 10.1 Å². The maximum absolute atomic E-state index is 13.2. The summed E-state index contributed by atoms with van der Waals surface area (Å²) in [5, 5.41) is 14.4. The molecule has 1 N–H and O–H groups in total. The van der Waals surface area contributed by atoms with Crippen molar-refractivity contribution in [2.24, 2.45) is 0 Å². The Morgan fingerprint density at radius 1 is 1.10 bits per heavy atom. The number of piperazine rings is 1. The second-order valence-electron chi connectivity index (χ2n) is 7.43. The van der Waals surface area contributed by atoms with Crippen molar-refractivity contribution in [3.8, 4) is 17.0 Å². The first kappa shape index (κ1) is 20.9. The molecule has 31 heavy (non-hydrogen) atoms. The van der Waals surface area contributed by atoms with E-state index >= 15 is 0 Å². The lowest BCUT2D eigenvalue weighted by Crippen LogP contribution is -2.48. The number of aliphatic hydroxyl groups is 1. The maximum Gasteiger partial charge on any atom is 0.293 e. The molecule has 1 amide bonds. The fourth-order valence-corrected chi connectivity index (χ4v) is 3.76. The molecular weight excluding hydrogens is 401 g/mol. The highest BCUT2D eigenvalue weighted by Crippen LogP contribution is 2.32. The second kappa shape index (κ2) is 8.77. The number of nitrogens with zero attached hydrogens (tertiary/aromatic N) is 3. The lowest BCUT2D eigenvalue weighted by molar-refractivity contribution is 0.0696. The number of anilines is 1. The number of rotatable bonds is 5. The van der Waals surface area contributed by atoms with Gasteiger partial charge in [0.2, 0.25) is 5.76 Å². The number of amides is 1. The van der Waals surface area contributed by atoms with Crippen LogP contribution in [-0.4, -0.2) is 54.4 Å². The summed E-state index contributed by atoms with van der Waals surface area (Å²) in [5.41, 5.74) is 2.45. The molecule has 162 valence electrons. The van der Waals surface area contributed by atoms with Crippen LogP contribution < -0.4 is 9.64 Å². The molecular formula is C23H24FN3O4. The van der Waals surface area contributed by atoms with E-state index < -0.39 is 6.10 Å². The van der Waals surface area contributed by atoms with Crippen molar-refractivity contribution in [3.05, 3.63) is 65.7 Å². The van der Waals surface area contributed by atoms with Crippen molar-refractivity contribution in [1.29, 1.82) is 0 Å². The van der Waals surface area contributed by atoms with Gasteiger partial charge in [-0.3, -0.25) is 4.79 Å². The minimum atomic E-state index is -0.928. The van der Waals surface area contributed by atoms with E-state index in [-0.39, 0.29) is 17.5 Å². The number of carbonyl (C=O) groups is 1. The lowest BCUT2D eigenvalue weighted by atomic mass is 10.0. The Hall–Kier alpha value is -3.39. The number of ether oxygens (including phenoxy) is 1. The molecule has 0 aliphatic carbocycles. The molecule has 1 aromatic heterocycles. The van der Waals surface area contributed by atoms with Crippen LogP contribution in [-0.2, 0) is 0 Å². The van der Waals surface area contributed by atoms with Gasteiger partial charge in [-0.1, -0.05) is 5.16 Å². The van der Waals surface area contributed by atoms with E-state index in [1.165, 1.54) is 12.1 Å². The van der Waals surface area contributed by atoms with E-state index in [0.717, 1.165) is 11.3 Å². The number of methoxy groups -OCH3 is 1. The first-order chi connectivity index (χ1) is 15.0. The van der Waals surface area contributed by atoms with Crippen molar-refractivity contribution in [3.63, 3.8) is 0 Å². The molecule has 0 saturated carbocycles. The zero-order valence-corrected chi connectivity index (χ0v) is 17.4. The third-order valence-corrected chi connectivity index (χ3v) is 5.46. The van der Waals surface area contributed by atoms with Crippen LogP contribution in [0.3, 0.4) is 0 Å². The summed E-state index contributed by atoms with van der Waals surface area (Å²) in [6.45, 7) is 3.77. The van der Waals surface area contributed by atoms with Gasteiger partial charge >= 0.3 is 0 Å². The molecule has 4 rings (SSSR count). The van der Waals surface area contributed by atoms with Crippen molar-refractivity contribution < 1.29 is 23.6 Å². The van der Waals surface area contributed by atoms with Gasteiger partial charge in [0.1, 0.15) is 17.3 Å². The van der Waals surface area contributed by atoms with E-state index in [1.807, 2.05) is 0 Å². The SMILES string of the molecule is COc1ccc(-c2noc(C(=O)N3CCN(c4ccc(F)cc4)CC3)c2C(C)O)cc1. The summed E-state index contributed by atoms with van der Waals surface area (Å²) in [6, 6.07) is 13.5. The molecule has 3 aromatic rings. The monoisotopic (exact) mass is 425 g/mol. The minimum absolute atomic E-state index is 0.0519. The summed E-state index contributed by atoms with van der Waals surface area (Å²) >= 11 is 0. The van der Waals surface area contributed by atoms with Gasteiger partial charge in [-0.15, -0.1) is 0 Å². The molecule has 1 saturated heterocycles. The van der Waals surface area contributed by atoms with Crippen LogP contribution in [0.4, 0.5) is 10.1 Å². The van der Waals surface area contributed by atoms with Crippen LogP contribution in [0, 0.1) is 5.82 Å². The smallest absolute Gasteiger partial charge is 0.293 e. The Morgan fingerprint density at radius 3 is 2.32 bits per heavy atom. The van der Waals surface area contributed by atoms with Gasteiger partial charge in [-0.25, -0.2) is 4.39 Å². The Kier molecular flexibility index (Phi) is 5.90. The van der Waals surface area contributed by atoms with E-state index in [4.69, 9.17) is 9.26 Å². The highest BCUT2D eigenvalue weighted by atomic mass is 19.1. The zero-order chi connectivity index (χ0) is 22.0. The molecule has 1 fully saturated rings. The largest absolute Gasteiger partial charge is 0.497 e. The molecule has 8 heteroatoms. The molecule has 1 atom stereocenters. The molecule has 0 spiro atoms. The van der Waals surface area contributed by atoms with Gasteiger partial charge < -0.3 is 24.2 Å². The van der Waals surface area contributed by atoms with E-state index in [1.54, 1.807) is 55.3 Å². The number of aliphatic hydroxyl groups excluding tert-OH is 1. The first-order valence-corrected chi connectivity index (χ1v) is 10.1. The molecule has 1 unspecified atom stereocenters. The normalized spacial score (nSPS) is 15.1. The Bertz CT molecular complexity index is 1040. The van der Waals surface area contributed by atoms with Crippen LogP contribution in [0.15, 0.2) is 53.1 Å². The Labute approximate surface area is 179 Å². The predicted octanol–water partition coefficient (Wildman–Crippen LogP) is 3.51.